The van der Waals surface area contributed by atoms with Crippen molar-refractivity contribution < 1.29 is 22.7 Å². The summed E-state index contributed by atoms with van der Waals surface area (Å²) in [5.41, 5.74) is 0.224. The molecule has 0 unspecified atom stereocenters. The Kier molecular flexibility index (Phi) is 6.42. The first-order valence-corrected chi connectivity index (χ1v) is 10.9. The van der Waals surface area contributed by atoms with E-state index >= 15 is 0 Å². The number of alkyl halides is 3. The largest absolute Gasteiger partial charge is 0.487 e. The molecule has 164 valence electrons. The summed E-state index contributed by atoms with van der Waals surface area (Å²) >= 11 is 13.2. The quantitative estimate of drug-likeness (QED) is 0.258. The minimum absolute atomic E-state index is 0.126. The zero-order valence-electron chi connectivity index (χ0n) is 16.2. The number of carbonyl (C=O) groups excluding carboxylic acids is 1. The first-order valence-electron chi connectivity index (χ1n) is 9.36. The van der Waals surface area contributed by atoms with Crippen LogP contribution in [0.1, 0.15) is 26.4 Å². The molecule has 0 bridgehead atoms. The van der Waals surface area contributed by atoms with Gasteiger partial charge < -0.3 is 4.74 Å². The van der Waals surface area contributed by atoms with Crippen molar-refractivity contribution in [2.75, 3.05) is 0 Å². The number of hydrogen-bond donors (Lipinski definition) is 0. The molecule has 0 aliphatic rings. The molecule has 0 atom stereocenters. The van der Waals surface area contributed by atoms with Gasteiger partial charge in [-0.2, -0.15) is 13.2 Å². The smallest absolute Gasteiger partial charge is 0.416 e. The Morgan fingerprint density at radius 1 is 1.00 bits per heavy atom. The molecule has 2 aromatic heterocycles. The summed E-state index contributed by atoms with van der Waals surface area (Å²) in [6, 6.07) is 13.3. The van der Waals surface area contributed by atoms with Crippen LogP contribution in [0.15, 0.2) is 60.8 Å². The van der Waals surface area contributed by atoms with Gasteiger partial charge in [-0.3, -0.25) is 4.79 Å². The van der Waals surface area contributed by atoms with Crippen LogP contribution in [0, 0.1) is 0 Å². The first-order chi connectivity index (χ1) is 15.2. The van der Waals surface area contributed by atoms with Gasteiger partial charge in [-0.1, -0.05) is 47.5 Å². The Bertz CT molecular complexity index is 1300. The normalized spacial score (nSPS) is 11.7. The van der Waals surface area contributed by atoms with Crippen LogP contribution in [0.5, 0.6) is 5.75 Å². The molecular formula is C23H14Cl2F3NO2S. The summed E-state index contributed by atoms with van der Waals surface area (Å²) in [4.78, 5) is 18.2. The molecule has 0 saturated carbocycles. The third-order valence-corrected chi connectivity index (χ3v) is 6.54. The Balaban J connectivity index is 1.63. The van der Waals surface area contributed by atoms with Crippen molar-refractivity contribution >= 4 is 50.5 Å². The molecule has 3 nitrogen and oxygen atoms in total. The van der Waals surface area contributed by atoms with Crippen molar-refractivity contribution in [3.63, 3.8) is 0 Å². The zero-order chi connectivity index (χ0) is 22.9. The van der Waals surface area contributed by atoms with Crippen molar-refractivity contribution in [1.29, 1.82) is 0 Å². The molecular weight excluding hydrogens is 482 g/mol. The van der Waals surface area contributed by atoms with Crippen LogP contribution in [0.4, 0.5) is 13.2 Å². The van der Waals surface area contributed by atoms with Gasteiger partial charge in [-0.05, 0) is 41.5 Å². The Morgan fingerprint density at radius 3 is 2.56 bits per heavy atom. The van der Waals surface area contributed by atoms with E-state index in [9.17, 15) is 18.0 Å². The van der Waals surface area contributed by atoms with Crippen LogP contribution in [0.3, 0.4) is 0 Å². The SMILES string of the molecule is O=C(Cc1cccc(C(F)(F)F)c1)c1sc2ncccc2c1OCc1ccc(Cl)c(Cl)c1. The van der Waals surface area contributed by atoms with Crippen molar-refractivity contribution in [1.82, 2.24) is 4.98 Å². The number of fused-ring (bicyclic) bond motifs is 1. The molecule has 9 heteroatoms. The molecule has 0 spiro atoms. The van der Waals surface area contributed by atoms with E-state index in [0.29, 0.717) is 30.9 Å². The summed E-state index contributed by atoms with van der Waals surface area (Å²) in [6.45, 7) is 0.126. The fourth-order valence-corrected chi connectivity index (χ4v) is 4.49. The number of hydrogen-bond acceptors (Lipinski definition) is 4. The molecule has 0 amide bonds. The molecule has 2 aromatic carbocycles. The number of thiophene rings is 1. The van der Waals surface area contributed by atoms with E-state index < -0.39 is 11.7 Å². The molecule has 0 fully saturated rings. The minimum Gasteiger partial charge on any atom is -0.487 e. The van der Waals surface area contributed by atoms with Gasteiger partial charge in [-0.25, -0.2) is 4.98 Å². The second-order valence-electron chi connectivity index (χ2n) is 6.95. The van der Waals surface area contributed by atoms with Crippen LogP contribution < -0.4 is 4.74 Å². The van der Waals surface area contributed by atoms with E-state index in [1.807, 2.05) is 0 Å². The lowest BCUT2D eigenvalue weighted by atomic mass is 10.0. The molecule has 0 aliphatic heterocycles. The average Bonchev–Trinajstić information content (AvgIpc) is 3.13. The number of rotatable bonds is 6. The van der Waals surface area contributed by atoms with Crippen molar-refractivity contribution in [3.05, 3.63) is 92.4 Å². The van der Waals surface area contributed by atoms with Crippen LogP contribution in [-0.4, -0.2) is 10.8 Å². The summed E-state index contributed by atoms with van der Waals surface area (Å²) in [5, 5.41) is 1.45. The zero-order valence-corrected chi connectivity index (χ0v) is 18.6. The molecule has 4 rings (SSSR count). The van der Waals surface area contributed by atoms with Gasteiger partial charge in [0, 0.05) is 12.6 Å². The lowest BCUT2D eigenvalue weighted by molar-refractivity contribution is -0.137. The van der Waals surface area contributed by atoms with Gasteiger partial charge in [0.25, 0.3) is 0 Å². The summed E-state index contributed by atoms with van der Waals surface area (Å²) in [6.07, 6.45) is -3.07. The van der Waals surface area contributed by atoms with Crippen LogP contribution in [-0.2, 0) is 19.2 Å². The van der Waals surface area contributed by atoms with Crippen LogP contribution in [0.25, 0.3) is 10.2 Å². The fourth-order valence-electron chi connectivity index (χ4n) is 3.15. The molecule has 0 N–H and O–H groups in total. The maximum Gasteiger partial charge on any atom is 0.416 e. The molecule has 0 aliphatic carbocycles. The monoisotopic (exact) mass is 495 g/mol. The maximum atomic E-state index is 13.1. The standard InChI is InChI=1S/C23H14Cl2F3NO2S/c24-17-7-6-14(10-18(17)25)12-31-20-16-5-2-8-29-22(16)32-21(20)19(30)11-13-3-1-4-15(9-13)23(26,27)28/h1-10H,11-12H2. The average molecular weight is 496 g/mol. The van der Waals surface area contributed by atoms with Crippen LogP contribution in [0.2, 0.25) is 10.0 Å². The number of benzene rings is 2. The topological polar surface area (TPSA) is 39.2 Å². The molecule has 0 saturated heterocycles. The molecule has 0 radical (unpaired) electrons. The predicted octanol–water partition coefficient (Wildman–Crippen LogP) is 7.63. The van der Waals surface area contributed by atoms with Crippen molar-refractivity contribution in [2.24, 2.45) is 0 Å². The van der Waals surface area contributed by atoms with Gasteiger partial charge in [0.15, 0.2) is 11.5 Å². The first kappa shape index (κ1) is 22.6. The lowest BCUT2D eigenvalue weighted by Crippen LogP contribution is -2.08. The van der Waals surface area contributed by atoms with Gasteiger partial charge >= 0.3 is 6.18 Å². The third-order valence-electron chi connectivity index (χ3n) is 4.66. The highest BCUT2D eigenvalue weighted by Crippen LogP contribution is 2.38. The number of ether oxygens (including phenoxy) is 1. The van der Waals surface area contributed by atoms with Gasteiger partial charge in [0.2, 0.25) is 0 Å². The molecule has 4 aromatic rings. The third kappa shape index (κ3) is 4.90. The lowest BCUT2D eigenvalue weighted by Gasteiger charge is -2.10. The van der Waals surface area contributed by atoms with Gasteiger partial charge in [0.05, 0.1) is 21.0 Å². The highest BCUT2D eigenvalue weighted by Gasteiger charge is 2.30. The summed E-state index contributed by atoms with van der Waals surface area (Å²) < 4.78 is 45.0. The van der Waals surface area contributed by atoms with E-state index in [-0.39, 0.29) is 24.4 Å². The second-order valence-corrected chi connectivity index (χ2v) is 8.77. The van der Waals surface area contributed by atoms with Crippen molar-refractivity contribution in [3.8, 4) is 5.75 Å². The highest BCUT2D eigenvalue weighted by molar-refractivity contribution is 7.21. The Hall–Kier alpha value is -2.61. The minimum atomic E-state index is -4.48. The predicted molar refractivity (Wildman–Crippen MR) is 120 cm³/mol. The number of Topliss-reactive ketones (excluding diaryl/α,β-unsaturated/α-hetero) is 1. The van der Waals surface area contributed by atoms with E-state index in [4.69, 9.17) is 27.9 Å². The molecule has 2 heterocycles. The Morgan fingerprint density at radius 2 is 1.81 bits per heavy atom. The molecule has 32 heavy (non-hydrogen) atoms. The Labute approximate surface area is 195 Å². The van der Waals surface area contributed by atoms with E-state index in [1.54, 1.807) is 36.5 Å². The van der Waals surface area contributed by atoms with E-state index in [1.165, 1.54) is 12.1 Å². The number of pyridine rings is 1. The van der Waals surface area contributed by atoms with E-state index in [2.05, 4.69) is 4.98 Å². The maximum absolute atomic E-state index is 13.1. The van der Waals surface area contributed by atoms with Gasteiger partial charge in [0.1, 0.15) is 16.3 Å². The highest BCUT2D eigenvalue weighted by atomic mass is 35.5. The van der Waals surface area contributed by atoms with Crippen molar-refractivity contribution in [2.45, 2.75) is 19.2 Å². The van der Waals surface area contributed by atoms with Crippen LogP contribution >= 0.6 is 34.5 Å². The number of nitrogens with zero attached hydrogens (tertiary/aromatic N) is 1. The van der Waals surface area contributed by atoms with Gasteiger partial charge in [-0.15, -0.1) is 11.3 Å². The summed E-state index contributed by atoms with van der Waals surface area (Å²) in [7, 11) is 0. The number of halogens is 5. The second kappa shape index (κ2) is 9.10. The number of ketones is 1. The fraction of sp³-hybridized carbons (Fsp3) is 0.130. The summed E-state index contributed by atoms with van der Waals surface area (Å²) in [5.74, 6) is -0.00221. The van der Waals surface area contributed by atoms with E-state index in [0.717, 1.165) is 29.0 Å². The number of aromatic nitrogens is 1. The number of carbonyl (C=O) groups is 1.